The van der Waals surface area contributed by atoms with E-state index in [9.17, 15) is 0 Å². The Morgan fingerprint density at radius 1 is 0.882 bits per heavy atom. The summed E-state index contributed by atoms with van der Waals surface area (Å²) in [6, 6.07) is 7.63. The zero-order chi connectivity index (χ0) is 12.9. The van der Waals surface area contributed by atoms with Crippen LogP contribution in [-0.2, 0) is 16.5 Å². The van der Waals surface area contributed by atoms with Gasteiger partial charge in [-0.25, -0.2) is 0 Å². The topological polar surface area (TPSA) is 25.8 Å². The third kappa shape index (κ3) is 12.8. The summed E-state index contributed by atoms with van der Waals surface area (Å²) in [6.45, 7) is 0. The zero-order valence-corrected chi connectivity index (χ0v) is 15.3. The minimum absolute atomic E-state index is 0.472. The molecular weight excluding hydrogens is 574 g/mol. The molecule has 0 saturated carbocycles. The van der Waals surface area contributed by atoms with Crippen LogP contribution in [0.15, 0.2) is 58.0 Å². The van der Waals surface area contributed by atoms with Crippen LogP contribution in [0.1, 0.15) is 0 Å². The van der Waals surface area contributed by atoms with Gasteiger partial charge in [0.05, 0.1) is 0 Å². The summed E-state index contributed by atoms with van der Waals surface area (Å²) in [6.07, 6.45) is 6.98. The first-order valence-electron chi connectivity index (χ1n) is 4.14. The normalized spacial score (nSPS) is 8.47. The van der Waals surface area contributed by atoms with Crippen LogP contribution in [0.5, 0.6) is 0 Å². The van der Waals surface area contributed by atoms with Crippen LogP contribution < -0.4 is 0 Å². The molecule has 0 unspecified atom stereocenters. The number of nitrogens with zero attached hydrogens (tertiary/aromatic N) is 2. The summed E-state index contributed by atoms with van der Waals surface area (Å²) in [5, 5.41) is 0. The molecule has 0 aliphatic carbocycles. The molecule has 7 heteroatoms. The molecule has 96 valence electrons. The van der Waals surface area contributed by atoms with Crippen molar-refractivity contribution in [3.8, 4) is 0 Å². The Labute approximate surface area is 134 Å². The SMILES string of the molecule is Brc1cccnc1.Brc1cccnc1.[Cl][Pt][Cl]. The molecule has 0 aliphatic heterocycles. The van der Waals surface area contributed by atoms with E-state index in [4.69, 9.17) is 18.8 Å². The number of rotatable bonds is 0. The molecule has 2 rings (SSSR count). The van der Waals surface area contributed by atoms with Crippen molar-refractivity contribution in [2.24, 2.45) is 0 Å². The van der Waals surface area contributed by atoms with Gasteiger partial charge in [0.2, 0.25) is 0 Å². The van der Waals surface area contributed by atoms with E-state index in [1.54, 1.807) is 24.8 Å². The summed E-state index contributed by atoms with van der Waals surface area (Å²) in [7, 11) is 9.75. The van der Waals surface area contributed by atoms with Gasteiger partial charge < -0.3 is 0 Å². The maximum absolute atomic E-state index is 4.88. The Hall–Kier alpha value is 0.528. The van der Waals surface area contributed by atoms with Crippen molar-refractivity contribution < 1.29 is 16.5 Å². The van der Waals surface area contributed by atoms with Gasteiger partial charge in [-0.1, -0.05) is 0 Å². The molecule has 17 heavy (non-hydrogen) atoms. The van der Waals surface area contributed by atoms with Crippen LogP contribution in [-0.4, -0.2) is 9.97 Å². The first-order chi connectivity index (χ1) is 8.20. The van der Waals surface area contributed by atoms with Gasteiger partial charge in [-0.2, -0.15) is 0 Å². The van der Waals surface area contributed by atoms with Crippen LogP contribution in [0.25, 0.3) is 0 Å². The third-order valence-electron chi connectivity index (χ3n) is 1.25. The average Bonchev–Trinajstić information content (AvgIpc) is 2.33. The Kier molecular flexibility index (Phi) is 13.4. The molecule has 0 fully saturated rings. The van der Waals surface area contributed by atoms with Crippen LogP contribution in [0.3, 0.4) is 0 Å². The van der Waals surface area contributed by atoms with Gasteiger partial charge in [0, 0.05) is 33.7 Å². The summed E-state index contributed by atoms with van der Waals surface area (Å²) in [5.41, 5.74) is 0. The molecule has 0 radical (unpaired) electrons. The summed E-state index contributed by atoms with van der Waals surface area (Å²) >= 11 is 6.03. The number of pyridine rings is 2. The average molecular weight is 582 g/mol. The van der Waals surface area contributed by atoms with E-state index >= 15 is 0 Å². The van der Waals surface area contributed by atoms with E-state index in [1.165, 1.54) is 0 Å². The molecule has 0 spiro atoms. The third-order valence-corrected chi connectivity index (χ3v) is 2.19. The van der Waals surface area contributed by atoms with Crippen molar-refractivity contribution in [2.75, 3.05) is 0 Å². The van der Waals surface area contributed by atoms with Gasteiger partial charge in [0.15, 0.2) is 0 Å². The molecule has 0 amide bonds. The monoisotopic (exact) mass is 579 g/mol. The Morgan fingerprint density at radius 3 is 1.35 bits per heavy atom. The molecule has 0 N–H and O–H groups in total. The maximum atomic E-state index is 4.88. The van der Waals surface area contributed by atoms with Crippen LogP contribution in [0, 0.1) is 0 Å². The number of hydrogen-bond acceptors (Lipinski definition) is 2. The van der Waals surface area contributed by atoms with E-state index in [0.717, 1.165) is 8.95 Å². The molecule has 2 heterocycles. The van der Waals surface area contributed by atoms with Crippen molar-refractivity contribution in [3.63, 3.8) is 0 Å². The Morgan fingerprint density at radius 2 is 1.24 bits per heavy atom. The van der Waals surface area contributed by atoms with Crippen molar-refractivity contribution in [1.29, 1.82) is 0 Å². The standard InChI is InChI=1S/2C5H4BrN.2ClH.Pt/c2*6-5-2-1-3-7-4-5;;;/h2*1-4H;2*1H;/q;;;;+2/p-2. The summed E-state index contributed by atoms with van der Waals surface area (Å²) in [5.74, 6) is 0. The molecule has 0 aromatic carbocycles. The molecule has 0 saturated heterocycles. The molecule has 0 atom stereocenters. The quantitative estimate of drug-likeness (QED) is 0.435. The van der Waals surface area contributed by atoms with Crippen LogP contribution in [0.4, 0.5) is 0 Å². The second-order valence-corrected chi connectivity index (χ2v) is 7.50. The van der Waals surface area contributed by atoms with Crippen molar-refractivity contribution >= 4 is 50.7 Å². The van der Waals surface area contributed by atoms with Gasteiger partial charge in [-0.15, -0.1) is 0 Å². The first-order valence-corrected chi connectivity index (χ1v) is 11.4. The molecule has 0 bridgehead atoms. The molecule has 0 aliphatic rings. The van der Waals surface area contributed by atoms with Gasteiger partial charge in [-0.3, -0.25) is 9.97 Å². The fraction of sp³-hybridized carbons (Fsp3) is 0. The van der Waals surface area contributed by atoms with Gasteiger partial charge in [-0.05, 0) is 56.1 Å². The van der Waals surface area contributed by atoms with E-state index in [2.05, 4.69) is 41.8 Å². The Bertz CT molecular complexity index is 341. The van der Waals surface area contributed by atoms with Crippen LogP contribution >= 0.6 is 50.7 Å². The molecular formula is C10H8Br2Cl2N2Pt. The number of aromatic nitrogens is 2. The number of hydrogen-bond donors (Lipinski definition) is 0. The van der Waals surface area contributed by atoms with Crippen molar-refractivity contribution in [3.05, 3.63) is 58.0 Å². The second kappa shape index (κ2) is 13.0. The summed E-state index contributed by atoms with van der Waals surface area (Å²) < 4.78 is 2.05. The molecule has 2 nitrogen and oxygen atoms in total. The van der Waals surface area contributed by atoms with Crippen molar-refractivity contribution in [1.82, 2.24) is 9.97 Å². The molecule has 2 aromatic rings. The number of halogens is 4. The second-order valence-electron chi connectivity index (χ2n) is 2.39. The fourth-order valence-corrected chi connectivity index (χ4v) is 1.23. The minimum atomic E-state index is -0.472. The zero-order valence-electron chi connectivity index (χ0n) is 8.34. The van der Waals surface area contributed by atoms with Crippen molar-refractivity contribution in [2.45, 2.75) is 0 Å². The van der Waals surface area contributed by atoms with E-state index < -0.39 is 16.5 Å². The van der Waals surface area contributed by atoms with E-state index in [-0.39, 0.29) is 0 Å². The van der Waals surface area contributed by atoms with E-state index in [0.29, 0.717) is 0 Å². The predicted molar refractivity (Wildman–Crippen MR) is 75.6 cm³/mol. The van der Waals surface area contributed by atoms with E-state index in [1.807, 2.05) is 24.3 Å². The summed E-state index contributed by atoms with van der Waals surface area (Å²) in [4.78, 5) is 7.67. The predicted octanol–water partition coefficient (Wildman–Crippen LogP) is 5.06. The van der Waals surface area contributed by atoms with Gasteiger partial charge in [0.1, 0.15) is 0 Å². The van der Waals surface area contributed by atoms with Gasteiger partial charge in [0.25, 0.3) is 0 Å². The van der Waals surface area contributed by atoms with Gasteiger partial charge >= 0.3 is 35.3 Å². The molecule has 2 aromatic heterocycles. The first kappa shape index (κ1) is 17.5. The van der Waals surface area contributed by atoms with Crippen LogP contribution in [0.2, 0.25) is 0 Å². The fourth-order valence-electron chi connectivity index (χ4n) is 0.684. The Balaban J connectivity index is 0.000000247.